The van der Waals surface area contributed by atoms with Gasteiger partial charge in [0.2, 0.25) is 0 Å². The van der Waals surface area contributed by atoms with Crippen molar-refractivity contribution >= 4 is 45.6 Å². The van der Waals surface area contributed by atoms with Crippen molar-refractivity contribution in [2.45, 2.75) is 36.9 Å². The molecule has 0 aliphatic heterocycles. The first-order valence-corrected chi connectivity index (χ1v) is 11.9. The van der Waals surface area contributed by atoms with Crippen LogP contribution in [0.4, 0.5) is 26.3 Å². The summed E-state index contributed by atoms with van der Waals surface area (Å²) in [4.78, 5) is 24.8. The predicted octanol–water partition coefficient (Wildman–Crippen LogP) is 2.82. The van der Waals surface area contributed by atoms with Gasteiger partial charge in [-0.25, -0.2) is 9.59 Å². The van der Waals surface area contributed by atoms with Crippen LogP contribution in [0.1, 0.15) is 37.4 Å². The highest BCUT2D eigenvalue weighted by Crippen LogP contribution is 2.47. The molecule has 0 aromatic heterocycles. The molecule has 2 aromatic rings. The Morgan fingerprint density at radius 3 is 1.55 bits per heavy atom. The van der Waals surface area contributed by atoms with Gasteiger partial charge in [0.25, 0.3) is 10.1 Å². The minimum atomic E-state index is -6.48. The van der Waals surface area contributed by atoms with Gasteiger partial charge in [-0.1, -0.05) is 36.7 Å². The Balaban J connectivity index is 2.37. The summed E-state index contributed by atoms with van der Waals surface area (Å²) in [7, 11) is 11.0. The Kier molecular flexibility index (Phi) is 9.42. The molecule has 0 bridgehead atoms. The summed E-state index contributed by atoms with van der Waals surface area (Å²) < 4.78 is 120. The van der Waals surface area contributed by atoms with Crippen molar-refractivity contribution in [2.24, 2.45) is 0 Å². The molecule has 0 heterocycles. The molecule has 1 N–H and O–H groups in total. The highest BCUT2D eigenvalue weighted by atomic mass is 32.2. The fourth-order valence-corrected chi connectivity index (χ4v) is 4.12. The molecule has 0 saturated carbocycles. The summed E-state index contributed by atoms with van der Waals surface area (Å²) in [5.74, 6) is -6.29. The van der Waals surface area contributed by atoms with Gasteiger partial charge in [0.15, 0.2) is 0 Å². The highest BCUT2D eigenvalue weighted by Gasteiger charge is 2.76. The first kappa shape index (κ1) is 31.3. The zero-order valence-corrected chi connectivity index (χ0v) is 19.9. The van der Waals surface area contributed by atoms with E-state index in [-0.39, 0.29) is 30.3 Å². The van der Waals surface area contributed by atoms with Crippen molar-refractivity contribution in [1.29, 1.82) is 0 Å². The highest BCUT2D eigenvalue weighted by molar-refractivity contribution is 7.85. The van der Waals surface area contributed by atoms with E-state index in [4.69, 9.17) is 32.8 Å². The largest absolute Gasteiger partial charge is 0.438 e. The van der Waals surface area contributed by atoms with E-state index in [1.54, 1.807) is 12.1 Å². The normalized spacial score (nSPS) is 12.7. The minimum Gasteiger partial charge on any atom is -0.435 e. The van der Waals surface area contributed by atoms with Crippen LogP contribution in [0.2, 0.25) is 0 Å². The molecule has 7 nitrogen and oxygen atoms in total. The lowest BCUT2D eigenvalue weighted by Crippen LogP contribution is -2.63. The molecule has 2 aromatic carbocycles. The third kappa shape index (κ3) is 6.93. The van der Waals surface area contributed by atoms with E-state index >= 15 is 0 Å². The zero-order valence-electron chi connectivity index (χ0n) is 19.1. The Labute approximate surface area is 216 Å². The number of carbonyl (C=O) groups is 2. The van der Waals surface area contributed by atoms with Gasteiger partial charge in [-0.2, -0.15) is 34.8 Å². The molecular weight excluding hydrogens is 543 g/mol. The zero-order chi connectivity index (χ0) is 29.1. The number of rotatable bonds is 9. The van der Waals surface area contributed by atoms with Gasteiger partial charge in [-0.3, -0.25) is 4.55 Å². The van der Waals surface area contributed by atoms with Gasteiger partial charge in [-0.15, -0.1) is 0 Å². The number of hydrogen-bond acceptors (Lipinski definition) is 6. The molecule has 0 fully saturated rings. The summed E-state index contributed by atoms with van der Waals surface area (Å²) in [6.45, 7) is 0. The molecule has 0 saturated heterocycles. The number of alkyl halides is 6. The monoisotopic (exact) mass is 558 g/mol. The lowest BCUT2D eigenvalue weighted by molar-refractivity contribution is -0.356. The number of halogens is 6. The van der Waals surface area contributed by atoms with Crippen LogP contribution in [-0.4, -0.2) is 72.2 Å². The maximum atomic E-state index is 13.4. The van der Waals surface area contributed by atoms with Crippen LogP contribution in [0.15, 0.2) is 36.4 Å². The summed E-state index contributed by atoms with van der Waals surface area (Å²) in [5.41, 5.74) is -5.38. The standard InChI is InChI=1S/C21H15B3F6O7S/c22-7-11-5-14(8-23)16(15(6-11)9-24)36-17(31)12-1-3-13(4-2-12)18(32)37-19(20(25,26)27,21(28,29)30)10-38(33,34)35/h1-6H,7-10H2,(H,33,34,35). The van der Waals surface area contributed by atoms with E-state index in [0.717, 1.165) is 12.1 Å². The molecule has 0 aliphatic rings. The number of esters is 2. The SMILES string of the molecule is [B]Cc1cc(C[B])c(OC(=O)c2ccc(C(=O)OC(CS(=O)(=O)O)(C(F)(F)F)C(F)(F)F)cc2)c(C[B])c1. The van der Waals surface area contributed by atoms with Gasteiger partial charge in [0.05, 0.1) is 34.7 Å². The first-order chi connectivity index (χ1) is 17.4. The second-order valence-electron chi connectivity index (χ2n) is 7.76. The van der Waals surface area contributed by atoms with Crippen LogP contribution >= 0.6 is 0 Å². The van der Waals surface area contributed by atoms with E-state index in [1.165, 1.54) is 0 Å². The Morgan fingerprint density at radius 2 is 1.21 bits per heavy atom. The fraction of sp³-hybridized carbons (Fsp3) is 0.333. The van der Waals surface area contributed by atoms with Crippen molar-refractivity contribution in [3.63, 3.8) is 0 Å². The molecule has 6 radical (unpaired) electrons. The first-order valence-electron chi connectivity index (χ1n) is 10.3. The number of carbonyl (C=O) groups excluding carboxylic acids is 2. The van der Waals surface area contributed by atoms with Crippen molar-refractivity contribution < 1.29 is 58.4 Å². The average molecular weight is 558 g/mol. The van der Waals surface area contributed by atoms with E-state index in [9.17, 15) is 44.3 Å². The summed E-state index contributed by atoms with van der Waals surface area (Å²) in [6, 6.07) is 6.11. The Bertz CT molecular complexity index is 1260. The predicted molar refractivity (Wildman–Crippen MR) is 123 cm³/mol. The minimum absolute atomic E-state index is 0.0195. The number of benzene rings is 2. The quantitative estimate of drug-likeness (QED) is 0.166. The third-order valence-corrected chi connectivity index (χ3v) is 5.87. The lowest BCUT2D eigenvalue weighted by atomic mass is 9.85. The van der Waals surface area contributed by atoms with Crippen LogP contribution < -0.4 is 4.74 Å². The van der Waals surface area contributed by atoms with Gasteiger partial charge in [0, 0.05) is 0 Å². The van der Waals surface area contributed by atoms with Gasteiger partial charge >= 0.3 is 29.9 Å². The molecule has 198 valence electrons. The maximum absolute atomic E-state index is 13.4. The van der Waals surface area contributed by atoms with Crippen LogP contribution in [0, 0.1) is 0 Å². The number of hydrogen-bond donors (Lipinski definition) is 1. The summed E-state index contributed by atoms with van der Waals surface area (Å²) in [5, 5.41) is 0. The van der Waals surface area contributed by atoms with Gasteiger partial charge in [0.1, 0.15) is 11.5 Å². The van der Waals surface area contributed by atoms with Crippen LogP contribution in [0.5, 0.6) is 5.75 Å². The van der Waals surface area contributed by atoms with Crippen molar-refractivity contribution in [3.05, 3.63) is 64.2 Å². The topological polar surface area (TPSA) is 107 Å². The molecular formula is C21H15B3F6O7S. The van der Waals surface area contributed by atoms with Gasteiger partial charge < -0.3 is 9.47 Å². The van der Waals surface area contributed by atoms with Crippen molar-refractivity contribution in [3.8, 4) is 5.75 Å². The van der Waals surface area contributed by atoms with Crippen LogP contribution in [0.3, 0.4) is 0 Å². The summed E-state index contributed by atoms with van der Waals surface area (Å²) in [6.07, 6.45) is -13.0. The van der Waals surface area contributed by atoms with E-state index in [0.29, 0.717) is 28.8 Å². The van der Waals surface area contributed by atoms with E-state index < -0.39 is 51.3 Å². The lowest BCUT2D eigenvalue weighted by Gasteiger charge is -2.35. The van der Waals surface area contributed by atoms with E-state index in [1.807, 2.05) is 0 Å². The van der Waals surface area contributed by atoms with Crippen LogP contribution in [-0.2, 0) is 33.8 Å². The van der Waals surface area contributed by atoms with Crippen molar-refractivity contribution in [1.82, 2.24) is 0 Å². The maximum Gasteiger partial charge on any atom is 0.438 e. The number of ether oxygens (including phenoxy) is 2. The van der Waals surface area contributed by atoms with E-state index in [2.05, 4.69) is 4.74 Å². The Hall–Kier alpha value is -2.94. The van der Waals surface area contributed by atoms with Gasteiger partial charge in [-0.05, 0) is 35.4 Å². The van der Waals surface area contributed by atoms with Crippen LogP contribution in [0.25, 0.3) is 0 Å². The molecule has 0 amide bonds. The third-order valence-electron chi connectivity index (χ3n) is 5.10. The average Bonchev–Trinajstić information content (AvgIpc) is 2.81. The molecule has 0 atom stereocenters. The fourth-order valence-electron chi connectivity index (χ4n) is 3.22. The molecule has 0 aliphatic carbocycles. The molecule has 38 heavy (non-hydrogen) atoms. The smallest absolute Gasteiger partial charge is 0.435 e. The molecule has 0 unspecified atom stereocenters. The Morgan fingerprint density at radius 1 is 0.789 bits per heavy atom. The second kappa shape index (κ2) is 11.4. The molecule has 2 rings (SSSR count). The molecule has 0 spiro atoms. The molecule has 17 heteroatoms. The second-order valence-corrected chi connectivity index (χ2v) is 9.21. The summed E-state index contributed by atoms with van der Waals surface area (Å²) >= 11 is 0. The van der Waals surface area contributed by atoms with Crippen molar-refractivity contribution in [2.75, 3.05) is 5.75 Å².